The fourth-order valence-electron chi connectivity index (χ4n) is 3.52. The summed E-state index contributed by atoms with van der Waals surface area (Å²) in [5, 5.41) is 4.43. The Kier molecular flexibility index (Phi) is 5.36. The molecule has 2 aromatic heterocycles. The van der Waals surface area contributed by atoms with E-state index in [9.17, 15) is 4.79 Å². The highest BCUT2D eigenvalue weighted by Crippen LogP contribution is 2.28. The summed E-state index contributed by atoms with van der Waals surface area (Å²) >= 11 is 0. The zero-order chi connectivity index (χ0) is 17.8. The standard InChI is InChI=1S/C19H27N5O/c1-4-22(5-2)19(25)16-7-10-23(11-8-16)18-13-20-9-6-17(18)24-14-15(3)12-21-24/h6,9,12-14,16H,4-5,7-8,10-11H2,1-3H3. The molecule has 3 heterocycles. The molecule has 0 saturated carbocycles. The van der Waals surface area contributed by atoms with E-state index in [1.165, 1.54) is 0 Å². The van der Waals surface area contributed by atoms with Gasteiger partial charge in [-0.3, -0.25) is 9.78 Å². The number of hydrogen-bond donors (Lipinski definition) is 0. The predicted octanol–water partition coefficient (Wildman–Crippen LogP) is 2.66. The number of rotatable bonds is 5. The second-order valence-corrected chi connectivity index (χ2v) is 6.60. The first-order valence-corrected chi connectivity index (χ1v) is 9.13. The van der Waals surface area contributed by atoms with Crippen molar-refractivity contribution in [2.24, 2.45) is 5.92 Å². The lowest BCUT2D eigenvalue weighted by molar-refractivity contribution is -0.135. The lowest BCUT2D eigenvalue weighted by Gasteiger charge is -2.35. The van der Waals surface area contributed by atoms with Crippen molar-refractivity contribution in [3.63, 3.8) is 0 Å². The lowest BCUT2D eigenvalue weighted by Crippen LogP contribution is -2.42. The van der Waals surface area contributed by atoms with Crippen molar-refractivity contribution in [2.75, 3.05) is 31.1 Å². The molecule has 0 radical (unpaired) electrons. The van der Waals surface area contributed by atoms with Crippen LogP contribution < -0.4 is 4.90 Å². The number of carbonyl (C=O) groups excluding carboxylic acids is 1. The molecule has 2 aromatic rings. The Morgan fingerprint density at radius 2 is 1.92 bits per heavy atom. The van der Waals surface area contributed by atoms with E-state index in [0.717, 1.165) is 56.0 Å². The van der Waals surface area contributed by atoms with Crippen LogP contribution in [0.5, 0.6) is 0 Å². The molecule has 6 nitrogen and oxygen atoms in total. The van der Waals surface area contributed by atoms with Crippen LogP contribution in [0.2, 0.25) is 0 Å². The number of anilines is 1. The Morgan fingerprint density at radius 1 is 1.20 bits per heavy atom. The summed E-state index contributed by atoms with van der Waals surface area (Å²) in [5.74, 6) is 0.446. The van der Waals surface area contributed by atoms with E-state index in [1.54, 1.807) is 6.20 Å². The van der Waals surface area contributed by atoms with Gasteiger partial charge in [-0.15, -0.1) is 0 Å². The van der Waals surface area contributed by atoms with E-state index in [2.05, 4.69) is 15.0 Å². The minimum absolute atomic E-state index is 0.142. The largest absolute Gasteiger partial charge is 0.368 e. The van der Waals surface area contributed by atoms with Crippen molar-refractivity contribution in [2.45, 2.75) is 33.6 Å². The summed E-state index contributed by atoms with van der Waals surface area (Å²) in [6.45, 7) is 9.46. The molecule has 6 heteroatoms. The van der Waals surface area contributed by atoms with Gasteiger partial charge in [0.2, 0.25) is 5.91 Å². The number of piperidine rings is 1. The Bertz CT molecular complexity index is 714. The normalized spacial score (nSPS) is 15.4. The highest BCUT2D eigenvalue weighted by Gasteiger charge is 2.28. The fourth-order valence-corrected chi connectivity index (χ4v) is 3.52. The third kappa shape index (κ3) is 3.67. The van der Waals surface area contributed by atoms with Gasteiger partial charge in [-0.1, -0.05) is 0 Å². The summed E-state index contributed by atoms with van der Waals surface area (Å²) in [6, 6.07) is 1.99. The van der Waals surface area contributed by atoms with Gasteiger partial charge in [0.25, 0.3) is 0 Å². The highest BCUT2D eigenvalue weighted by molar-refractivity contribution is 5.79. The zero-order valence-electron chi connectivity index (χ0n) is 15.4. The van der Waals surface area contributed by atoms with Crippen LogP contribution in [-0.2, 0) is 4.79 Å². The molecule has 0 atom stereocenters. The fraction of sp³-hybridized carbons (Fsp3) is 0.526. The van der Waals surface area contributed by atoms with Gasteiger partial charge >= 0.3 is 0 Å². The molecule has 0 spiro atoms. The third-order valence-electron chi connectivity index (χ3n) is 5.00. The minimum atomic E-state index is 0.142. The molecule has 1 aliphatic rings. The zero-order valence-corrected chi connectivity index (χ0v) is 15.4. The van der Waals surface area contributed by atoms with Crippen molar-refractivity contribution in [1.82, 2.24) is 19.7 Å². The summed E-state index contributed by atoms with van der Waals surface area (Å²) in [4.78, 5) is 21.2. The number of aryl methyl sites for hydroxylation is 1. The Morgan fingerprint density at radius 3 is 2.52 bits per heavy atom. The first-order valence-electron chi connectivity index (χ1n) is 9.13. The van der Waals surface area contributed by atoms with Crippen LogP contribution in [0.15, 0.2) is 30.9 Å². The number of nitrogens with zero attached hydrogens (tertiary/aromatic N) is 5. The molecule has 1 saturated heterocycles. The van der Waals surface area contributed by atoms with Gasteiger partial charge in [0.1, 0.15) is 0 Å². The van der Waals surface area contributed by atoms with Crippen LogP contribution in [0.1, 0.15) is 32.3 Å². The van der Waals surface area contributed by atoms with Crippen LogP contribution in [0.3, 0.4) is 0 Å². The van der Waals surface area contributed by atoms with Crippen LogP contribution in [0.4, 0.5) is 5.69 Å². The molecule has 3 rings (SSSR count). The predicted molar refractivity (Wildman–Crippen MR) is 99.0 cm³/mol. The van der Waals surface area contributed by atoms with Crippen molar-refractivity contribution in [3.05, 3.63) is 36.4 Å². The number of pyridine rings is 1. The molecule has 1 amide bonds. The maximum absolute atomic E-state index is 12.6. The first-order chi connectivity index (χ1) is 12.1. The van der Waals surface area contributed by atoms with E-state index >= 15 is 0 Å². The van der Waals surface area contributed by atoms with Crippen molar-refractivity contribution in [1.29, 1.82) is 0 Å². The van der Waals surface area contributed by atoms with Gasteiger partial charge in [0.15, 0.2) is 0 Å². The van der Waals surface area contributed by atoms with Gasteiger partial charge in [-0.25, -0.2) is 4.68 Å². The quantitative estimate of drug-likeness (QED) is 0.839. The second-order valence-electron chi connectivity index (χ2n) is 6.60. The van der Waals surface area contributed by atoms with Crippen LogP contribution in [-0.4, -0.2) is 51.8 Å². The monoisotopic (exact) mass is 341 g/mol. The molecular formula is C19H27N5O. The smallest absolute Gasteiger partial charge is 0.225 e. The van der Waals surface area contributed by atoms with Gasteiger partial charge in [0.05, 0.1) is 23.8 Å². The topological polar surface area (TPSA) is 54.3 Å². The van der Waals surface area contributed by atoms with Crippen molar-refractivity contribution in [3.8, 4) is 5.69 Å². The summed E-state index contributed by atoms with van der Waals surface area (Å²) < 4.78 is 1.90. The molecule has 0 unspecified atom stereocenters. The van der Waals surface area contributed by atoms with Crippen molar-refractivity contribution >= 4 is 11.6 Å². The van der Waals surface area contributed by atoms with Gasteiger partial charge in [-0.05, 0) is 45.2 Å². The highest BCUT2D eigenvalue weighted by atomic mass is 16.2. The van der Waals surface area contributed by atoms with Crippen LogP contribution in [0.25, 0.3) is 5.69 Å². The average molecular weight is 341 g/mol. The maximum Gasteiger partial charge on any atom is 0.225 e. The average Bonchev–Trinajstić information content (AvgIpc) is 3.09. The SMILES string of the molecule is CCN(CC)C(=O)C1CCN(c2cnccc2-n2cc(C)cn2)CC1. The molecule has 134 valence electrons. The van der Waals surface area contributed by atoms with E-state index in [-0.39, 0.29) is 5.92 Å². The molecule has 0 N–H and O–H groups in total. The van der Waals surface area contributed by atoms with E-state index in [0.29, 0.717) is 5.91 Å². The third-order valence-corrected chi connectivity index (χ3v) is 5.00. The second kappa shape index (κ2) is 7.68. The van der Waals surface area contributed by atoms with Gasteiger partial charge in [0, 0.05) is 44.5 Å². The summed E-state index contributed by atoms with van der Waals surface area (Å²) in [6.07, 6.45) is 9.36. The number of aromatic nitrogens is 3. The van der Waals surface area contributed by atoms with Gasteiger partial charge in [-0.2, -0.15) is 5.10 Å². The number of amides is 1. The maximum atomic E-state index is 12.6. The van der Waals surface area contributed by atoms with Crippen LogP contribution >= 0.6 is 0 Å². The number of hydrogen-bond acceptors (Lipinski definition) is 4. The Balaban J connectivity index is 1.73. The summed E-state index contributed by atoms with van der Waals surface area (Å²) in [7, 11) is 0. The minimum Gasteiger partial charge on any atom is -0.368 e. The van der Waals surface area contributed by atoms with Crippen LogP contribution in [0, 0.1) is 12.8 Å². The van der Waals surface area contributed by atoms with Crippen molar-refractivity contribution < 1.29 is 4.79 Å². The Hall–Kier alpha value is -2.37. The Labute approximate surface area is 149 Å². The molecule has 1 fully saturated rings. The van der Waals surface area contributed by atoms with Gasteiger partial charge < -0.3 is 9.80 Å². The van der Waals surface area contributed by atoms with E-state index < -0.39 is 0 Å². The first kappa shape index (κ1) is 17.5. The number of carbonyl (C=O) groups is 1. The van der Waals surface area contributed by atoms with E-state index in [4.69, 9.17) is 0 Å². The van der Waals surface area contributed by atoms with E-state index in [1.807, 2.05) is 55.0 Å². The molecule has 0 bridgehead atoms. The molecule has 0 aromatic carbocycles. The summed E-state index contributed by atoms with van der Waals surface area (Å²) in [5.41, 5.74) is 3.25. The molecule has 1 aliphatic heterocycles. The molecular weight excluding hydrogens is 314 g/mol. The molecule has 25 heavy (non-hydrogen) atoms. The lowest BCUT2D eigenvalue weighted by atomic mass is 9.95. The molecule has 0 aliphatic carbocycles.